The van der Waals surface area contributed by atoms with Crippen LogP contribution in [0.15, 0.2) is 18.2 Å². The van der Waals surface area contributed by atoms with Crippen LogP contribution in [-0.4, -0.2) is 50.6 Å². The van der Waals surface area contributed by atoms with Crippen LogP contribution >= 0.6 is 0 Å². The van der Waals surface area contributed by atoms with Crippen LogP contribution in [0.25, 0.3) is 0 Å². The normalized spacial score (nSPS) is 10.2. The van der Waals surface area contributed by atoms with Gasteiger partial charge in [0.05, 0.1) is 12.1 Å². The van der Waals surface area contributed by atoms with Gasteiger partial charge in [-0.3, -0.25) is 9.59 Å². The average Bonchev–Trinajstić information content (AvgIpc) is 2.43. The monoisotopic (exact) mass is 297 g/mol. The number of hydrogen-bond donors (Lipinski definition) is 2. The van der Waals surface area contributed by atoms with Gasteiger partial charge >= 0.3 is 0 Å². The summed E-state index contributed by atoms with van der Waals surface area (Å²) in [6.45, 7) is 0.867. The van der Waals surface area contributed by atoms with E-state index in [1.54, 1.807) is 7.11 Å². The van der Waals surface area contributed by atoms with E-state index in [0.717, 1.165) is 11.0 Å². The van der Waals surface area contributed by atoms with Crippen LogP contribution in [0, 0.1) is 5.82 Å². The van der Waals surface area contributed by atoms with Crippen LogP contribution < -0.4 is 11.1 Å². The maximum Gasteiger partial charge on any atom is 0.257 e. The van der Waals surface area contributed by atoms with Crippen LogP contribution in [0.4, 0.5) is 10.1 Å². The molecule has 1 aromatic carbocycles. The molecule has 0 aliphatic carbocycles. The summed E-state index contributed by atoms with van der Waals surface area (Å²) in [6.07, 6.45) is 0.687. The summed E-state index contributed by atoms with van der Waals surface area (Å²) in [7, 11) is 3.02. The Kier molecular flexibility index (Phi) is 6.61. The number of nitrogens with two attached hydrogens (primary N) is 1. The summed E-state index contributed by atoms with van der Waals surface area (Å²) >= 11 is 0. The van der Waals surface area contributed by atoms with Gasteiger partial charge in [-0.1, -0.05) is 0 Å². The second kappa shape index (κ2) is 8.21. The summed E-state index contributed by atoms with van der Waals surface area (Å²) in [5, 5.41) is 2.65. The molecule has 7 heteroatoms. The lowest BCUT2D eigenvalue weighted by Gasteiger charge is -2.17. The SMILES string of the molecule is COCCCNC(=O)CN(C)C(=O)c1ccc(N)cc1F. The first kappa shape index (κ1) is 16.9. The minimum absolute atomic E-state index is 0.112. The quantitative estimate of drug-likeness (QED) is 0.571. The van der Waals surface area contributed by atoms with E-state index in [4.69, 9.17) is 10.5 Å². The molecule has 0 aromatic heterocycles. The number of anilines is 1. The fourth-order valence-electron chi connectivity index (χ4n) is 1.70. The maximum atomic E-state index is 13.6. The molecular weight excluding hydrogens is 277 g/mol. The highest BCUT2D eigenvalue weighted by atomic mass is 19.1. The van der Waals surface area contributed by atoms with Gasteiger partial charge < -0.3 is 20.7 Å². The molecule has 3 N–H and O–H groups in total. The Labute approximate surface area is 123 Å². The third-order valence-corrected chi connectivity index (χ3v) is 2.80. The van der Waals surface area contributed by atoms with Gasteiger partial charge in [-0.05, 0) is 24.6 Å². The highest BCUT2D eigenvalue weighted by Crippen LogP contribution is 2.13. The van der Waals surface area contributed by atoms with E-state index in [9.17, 15) is 14.0 Å². The smallest absolute Gasteiger partial charge is 0.257 e. The van der Waals surface area contributed by atoms with Crippen LogP contribution in [0.2, 0.25) is 0 Å². The summed E-state index contributed by atoms with van der Waals surface area (Å²) in [4.78, 5) is 24.8. The molecule has 0 fully saturated rings. The second-order valence-electron chi connectivity index (χ2n) is 4.60. The summed E-state index contributed by atoms with van der Waals surface area (Å²) < 4.78 is 18.5. The first-order valence-electron chi connectivity index (χ1n) is 6.52. The topological polar surface area (TPSA) is 84.7 Å². The number of ether oxygens (including phenoxy) is 1. The molecule has 0 spiro atoms. The van der Waals surface area contributed by atoms with Gasteiger partial charge in [0.25, 0.3) is 5.91 Å². The van der Waals surface area contributed by atoms with Gasteiger partial charge in [-0.25, -0.2) is 4.39 Å². The minimum Gasteiger partial charge on any atom is -0.399 e. The Hall–Kier alpha value is -2.15. The Morgan fingerprint density at radius 3 is 2.76 bits per heavy atom. The Balaban J connectivity index is 2.52. The van der Waals surface area contributed by atoms with Gasteiger partial charge in [0.2, 0.25) is 5.91 Å². The number of carbonyl (C=O) groups is 2. The number of amides is 2. The number of nitrogens with one attached hydrogen (secondary N) is 1. The first-order valence-corrected chi connectivity index (χ1v) is 6.52. The molecule has 1 rings (SSSR count). The van der Waals surface area contributed by atoms with E-state index in [0.29, 0.717) is 19.6 Å². The maximum absolute atomic E-state index is 13.6. The van der Waals surface area contributed by atoms with Crippen LogP contribution in [-0.2, 0) is 9.53 Å². The lowest BCUT2D eigenvalue weighted by molar-refractivity contribution is -0.121. The average molecular weight is 297 g/mol. The third-order valence-electron chi connectivity index (χ3n) is 2.80. The van der Waals surface area contributed by atoms with Crippen molar-refractivity contribution in [3.63, 3.8) is 0 Å². The number of likely N-dealkylation sites (N-methyl/N-ethyl adjacent to an activating group) is 1. The fourth-order valence-corrected chi connectivity index (χ4v) is 1.70. The summed E-state index contributed by atoms with van der Waals surface area (Å²) in [5.41, 5.74) is 5.55. The molecule has 0 heterocycles. The molecule has 0 atom stereocenters. The molecular formula is C14H20FN3O3. The van der Waals surface area contributed by atoms with E-state index < -0.39 is 11.7 Å². The van der Waals surface area contributed by atoms with Gasteiger partial charge in [-0.2, -0.15) is 0 Å². The predicted molar refractivity (Wildman–Crippen MR) is 77.3 cm³/mol. The van der Waals surface area contributed by atoms with E-state index in [1.165, 1.54) is 19.2 Å². The molecule has 0 unspecified atom stereocenters. The first-order chi connectivity index (χ1) is 9.95. The Bertz CT molecular complexity index is 508. The molecule has 1 aromatic rings. The number of benzene rings is 1. The van der Waals surface area contributed by atoms with Crippen LogP contribution in [0.3, 0.4) is 0 Å². The number of hydrogen-bond acceptors (Lipinski definition) is 4. The zero-order chi connectivity index (χ0) is 15.8. The standard InChI is InChI=1S/C14H20FN3O3/c1-18(9-13(19)17-6-3-7-21-2)14(20)11-5-4-10(16)8-12(11)15/h4-5,8H,3,6-7,9,16H2,1-2H3,(H,17,19). The molecule has 0 radical (unpaired) electrons. The number of nitrogens with zero attached hydrogens (tertiary/aromatic N) is 1. The van der Waals surface area contributed by atoms with E-state index >= 15 is 0 Å². The van der Waals surface area contributed by atoms with Crippen molar-refractivity contribution in [1.29, 1.82) is 0 Å². The van der Waals surface area contributed by atoms with Gasteiger partial charge in [0, 0.05) is 33.0 Å². The van der Waals surface area contributed by atoms with Gasteiger partial charge in [-0.15, -0.1) is 0 Å². The summed E-state index contributed by atoms with van der Waals surface area (Å²) in [6, 6.07) is 3.82. The van der Waals surface area contributed by atoms with Crippen molar-refractivity contribution in [3.05, 3.63) is 29.6 Å². The molecule has 0 saturated carbocycles. The van der Waals surface area contributed by atoms with E-state index in [2.05, 4.69) is 5.32 Å². The van der Waals surface area contributed by atoms with Gasteiger partial charge in [0.15, 0.2) is 0 Å². The molecule has 0 aliphatic heterocycles. The Morgan fingerprint density at radius 1 is 1.43 bits per heavy atom. The van der Waals surface area contributed by atoms with Crippen molar-refractivity contribution in [3.8, 4) is 0 Å². The van der Waals surface area contributed by atoms with Crippen molar-refractivity contribution in [2.24, 2.45) is 0 Å². The third kappa shape index (κ3) is 5.39. The zero-order valence-corrected chi connectivity index (χ0v) is 12.2. The number of carbonyl (C=O) groups excluding carboxylic acids is 2. The van der Waals surface area contributed by atoms with Gasteiger partial charge in [0.1, 0.15) is 5.82 Å². The van der Waals surface area contributed by atoms with E-state index in [-0.39, 0.29) is 23.7 Å². The lowest BCUT2D eigenvalue weighted by Crippen LogP contribution is -2.39. The lowest BCUT2D eigenvalue weighted by atomic mass is 10.1. The number of methoxy groups -OCH3 is 1. The highest BCUT2D eigenvalue weighted by molar-refractivity contribution is 5.96. The zero-order valence-electron chi connectivity index (χ0n) is 12.2. The van der Waals surface area contributed by atoms with Crippen molar-refractivity contribution >= 4 is 17.5 Å². The molecule has 116 valence electrons. The summed E-state index contributed by atoms with van der Waals surface area (Å²) in [5.74, 6) is -1.58. The largest absolute Gasteiger partial charge is 0.399 e. The highest BCUT2D eigenvalue weighted by Gasteiger charge is 2.18. The van der Waals surface area contributed by atoms with Crippen molar-refractivity contribution in [2.75, 3.05) is 39.6 Å². The molecule has 2 amide bonds. The van der Waals surface area contributed by atoms with Crippen molar-refractivity contribution in [1.82, 2.24) is 10.2 Å². The fraction of sp³-hybridized carbons (Fsp3) is 0.429. The van der Waals surface area contributed by atoms with Crippen LogP contribution in [0.1, 0.15) is 16.8 Å². The number of nitrogen functional groups attached to an aromatic ring is 1. The molecule has 0 aliphatic rings. The molecule has 21 heavy (non-hydrogen) atoms. The second-order valence-corrected chi connectivity index (χ2v) is 4.60. The minimum atomic E-state index is -0.702. The van der Waals surface area contributed by atoms with Crippen molar-refractivity contribution < 1.29 is 18.7 Å². The predicted octanol–water partition coefficient (Wildman–Crippen LogP) is 0.633. The number of rotatable bonds is 7. The number of halogens is 1. The Morgan fingerprint density at radius 2 is 2.14 bits per heavy atom. The molecule has 6 nitrogen and oxygen atoms in total. The van der Waals surface area contributed by atoms with Crippen LogP contribution in [0.5, 0.6) is 0 Å². The van der Waals surface area contributed by atoms with E-state index in [1.807, 2.05) is 0 Å². The molecule has 0 bridgehead atoms. The van der Waals surface area contributed by atoms with Crippen molar-refractivity contribution in [2.45, 2.75) is 6.42 Å². The molecule has 0 saturated heterocycles.